The lowest BCUT2D eigenvalue weighted by molar-refractivity contribution is -0.136. The van der Waals surface area contributed by atoms with E-state index < -0.39 is 29.5 Å². The zero-order chi connectivity index (χ0) is 18.2. The molecule has 0 saturated carbocycles. The molecule has 2 amide bonds. The summed E-state index contributed by atoms with van der Waals surface area (Å²) in [5, 5.41) is 18.9. The Bertz CT molecular complexity index is 539. The maximum atomic E-state index is 13.9. The number of carbonyl (C=O) groups excluding carboxylic acids is 2. The number of alkyl halides is 1. The number of carbonyl (C=O) groups is 2. The van der Waals surface area contributed by atoms with Crippen molar-refractivity contribution in [1.82, 2.24) is 10.5 Å². The van der Waals surface area contributed by atoms with E-state index in [1.807, 2.05) is 12.1 Å². The lowest BCUT2D eigenvalue weighted by atomic mass is 9.89. The first kappa shape index (κ1) is 20.0. The van der Waals surface area contributed by atoms with Crippen molar-refractivity contribution in [3.05, 3.63) is 30.1 Å². The van der Waals surface area contributed by atoms with Crippen LogP contribution in [0.2, 0.25) is 0 Å². The number of hydrogen-bond acceptors (Lipinski definition) is 5. The maximum absolute atomic E-state index is 13.9. The number of aromatic nitrogens is 1. The lowest BCUT2D eigenvalue weighted by Gasteiger charge is -2.22. The van der Waals surface area contributed by atoms with Crippen LogP contribution in [0.3, 0.4) is 0 Å². The van der Waals surface area contributed by atoms with Crippen LogP contribution in [0.4, 0.5) is 4.39 Å². The van der Waals surface area contributed by atoms with Gasteiger partial charge in [-0.15, -0.1) is 0 Å². The summed E-state index contributed by atoms with van der Waals surface area (Å²) in [4.78, 5) is 26.8. The third-order valence-electron chi connectivity index (χ3n) is 3.97. The summed E-state index contributed by atoms with van der Waals surface area (Å²) in [6.45, 7) is 1.04. The largest absolute Gasteiger partial charge is 0.393 e. The molecule has 1 heterocycles. The van der Waals surface area contributed by atoms with E-state index in [2.05, 4.69) is 4.98 Å². The summed E-state index contributed by atoms with van der Waals surface area (Å²) in [7, 11) is 0. The average Bonchev–Trinajstić information content (AvgIpc) is 2.56. The SMILES string of the molecule is CC(F)(CCC(CC(O)CCc1ccccn1)C(=O)NO)C(N)=O. The molecule has 1 aromatic rings. The van der Waals surface area contributed by atoms with Crippen molar-refractivity contribution < 1.29 is 24.3 Å². The average molecular weight is 341 g/mol. The monoisotopic (exact) mass is 341 g/mol. The van der Waals surface area contributed by atoms with E-state index in [-0.39, 0.29) is 19.3 Å². The van der Waals surface area contributed by atoms with Crippen LogP contribution in [0.15, 0.2) is 24.4 Å². The lowest BCUT2D eigenvalue weighted by Crippen LogP contribution is -2.38. The van der Waals surface area contributed by atoms with Gasteiger partial charge in [0.15, 0.2) is 5.67 Å². The van der Waals surface area contributed by atoms with Crippen molar-refractivity contribution in [2.45, 2.75) is 50.8 Å². The van der Waals surface area contributed by atoms with Crippen LogP contribution in [0.5, 0.6) is 0 Å². The van der Waals surface area contributed by atoms with Crippen LogP contribution >= 0.6 is 0 Å². The van der Waals surface area contributed by atoms with E-state index in [1.54, 1.807) is 12.3 Å². The molecular formula is C16H24FN3O4. The van der Waals surface area contributed by atoms with Gasteiger partial charge in [0.25, 0.3) is 5.91 Å². The van der Waals surface area contributed by atoms with E-state index in [0.717, 1.165) is 12.6 Å². The van der Waals surface area contributed by atoms with Crippen molar-refractivity contribution in [3.8, 4) is 0 Å². The van der Waals surface area contributed by atoms with Crippen LogP contribution in [0.25, 0.3) is 0 Å². The molecule has 1 rings (SSSR count). The number of hydrogen-bond donors (Lipinski definition) is 4. The quantitative estimate of drug-likeness (QED) is 0.371. The zero-order valence-electron chi connectivity index (χ0n) is 13.6. The van der Waals surface area contributed by atoms with E-state index >= 15 is 0 Å². The number of pyridine rings is 1. The fraction of sp³-hybridized carbons (Fsp3) is 0.562. The first-order chi connectivity index (χ1) is 11.3. The molecule has 0 saturated heterocycles. The highest BCUT2D eigenvalue weighted by Crippen LogP contribution is 2.24. The van der Waals surface area contributed by atoms with Gasteiger partial charge in [-0.2, -0.15) is 0 Å². The number of primary amides is 1. The standard InChI is InChI=1S/C16H24FN3O4/c1-16(17,15(18)23)8-7-11(14(22)20-24)10-13(21)6-5-12-4-2-3-9-19-12/h2-4,9,11,13,21,24H,5-8,10H2,1H3,(H2,18,23)(H,20,22). The first-order valence-corrected chi connectivity index (χ1v) is 7.77. The number of halogens is 1. The number of nitrogens with two attached hydrogens (primary N) is 1. The van der Waals surface area contributed by atoms with Crippen molar-refractivity contribution in [3.63, 3.8) is 0 Å². The third-order valence-corrected chi connectivity index (χ3v) is 3.97. The highest BCUT2D eigenvalue weighted by atomic mass is 19.1. The molecule has 7 nitrogen and oxygen atoms in total. The van der Waals surface area contributed by atoms with Gasteiger partial charge in [-0.25, -0.2) is 9.87 Å². The Hall–Kier alpha value is -2.06. The van der Waals surface area contributed by atoms with Crippen molar-refractivity contribution in [2.75, 3.05) is 0 Å². The van der Waals surface area contributed by atoms with Gasteiger partial charge in [-0.1, -0.05) is 6.07 Å². The van der Waals surface area contributed by atoms with Crippen LogP contribution in [0.1, 0.15) is 38.3 Å². The van der Waals surface area contributed by atoms with Crippen LogP contribution in [-0.2, 0) is 16.0 Å². The Labute approximate surface area is 140 Å². The summed E-state index contributed by atoms with van der Waals surface area (Å²) in [6.07, 6.45) is 1.46. The Morgan fingerprint density at radius 3 is 2.67 bits per heavy atom. The maximum Gasteiger partial charge on any atom is 0.254 e. The molecule has 8 heteroatoms. The highest BCUT2D eigenvalue weighted by molar-refractivity contribution is 5.83. The van der Waals surface area contributed by atoms with Crippen molar-refractivity contribution in [1.29, 1.82) is 0 Å². The number of amides is 2. The minimum absolute atomic E-state index is 0.0248. The van der Waals surface area contributed by atoms with E-state index in [4.69, 9.17) is 10.9 Å². The summed E-state index contributed by atoms with van der Waals surface area (Å²) in [6, 6.07) is 5.45. The van der Waals surface area contributed by atoms with Crippen molar-refractivity contribution >= 4 is 11.8 Å². The minimum atomic E-state index is -2.24. The van der Waals surface area contributed by atoms with E-state index in [0.29, 0.717) is 12.8 Å². The van der Waals surface area contributed by atoms with E-state index in [1.165, 1.54) is 5.48 Å². The second-order valence-corrected chi connectivity index (χ2v) is 6.02. The molecule has 134 valence electrons. The number of nitrogens with one attached hydrogen (secondary N) is 1. The summed E-state index contributed by atoms with van der Waals surface area (Å²) in [5.41, 5.74) is 5.03. The summed E-state index contributed by atoms with van der Waals surface area (Å²) in [5.74, 6) is -2.67. The van der Waals surface area contributed by atoms with Crippen LogP contribution in [-0.4, -0.2) is 38.9 Å². The van der Waals surface area contributed by atoms with Gasteiger partial charge in [0.2, 0.25) is 5.91 Å². The molecule has 24 heavy (non-hydrogen) atoms. The summed E-state index contributed by atoms with van der Waals surface area (Å²) < 4.78 is 13.9. The second kappa shape index (κ2) is 9.29. The predicted octanol–water partition coefficient (Wildman–Crippen LogP) is 0.881. The predicted molar refractivity (Wildman–Crippen MR) is 84.5 cm³/mol. The van der Waals surface area contributed by atoms with Gasteiger partial charge in [0.1, 0.15) is 0 Å². The van der Waals surface area contributed by atoms with Gasteiger partial charge in [0.05, 0.1) is 6.10 Å². The number of aliphatic hydroxyl groups is 1. The van der Waals surface area contributed by atoms with Gasteiger partial charge in [-0.3, -0.25) is 19.8 Å². The fourth-order valence-electron chi connectivity index (χ4n) is 2.32. The molecule has 0 radical (unpaired) electrons. The molecule has 0 aliphatic rings. The molecule has 5 N–H and O–H groups in total. The summed E-state index contributed by atoms with van der Waals surface area (Å²) >= 11 is 0. The number of hydroxylamine groups is 1. The minimum Gasteiger partial charge on any atom is -0.393 e. The molecular weight excluding hydrogens is 317 g/mol. The molecule has 0 fully saturated rings. The second-order valence-electron chi connectivity index (χ2n) is 6.02. The zero-order valence-corrected chi connectivity index (χ0v) is 13.6. The molecule has 0 aliphatic carbocycles. The molecule has 0 spiro atoms. The van der Waals surface area contributed by atoms with Gasteiger partial charge >= 0.3 is 0 Å². The van der Waals surface area contributed by atoms with Crippen LogP contribution < -0.4 is 11.2 Å². The van der Waals surface area contributed by atoms with Gasteiger partial charge in [-0.05, 0) is 51.2 Å². The molecule has 3 unspecified atom stereocenters. The number of aryl methyl sites for hydroxylation is 1. The van der Waals surface area contributed by atoms with Crippen LogP contribution in [0, 0.1) is 5.92 Å². The fourth-order valence-corrected chi connectivity index (χ4v) is 2.32. The van der Waals surface area contributed by atoms with E-state index in [9.17, 15) is 19.1 Å². The first-order valence-electron chi connectivity index (χ1n) is 7.77. The molecule has 3 atom stereocenters. The Morgan fingerprint density at radius 2 is 2.12 bits per heavy atom. The Morgan fingerprint density at radius 1 is 1.42 bits per heavy atom. The van der Waals surface area contributed by atoms with Gasteiger partial charge in [0, 0.05) is 17.8 Å². The van der Waals surface area contributed by atoms with Crippen molar-refractivity contribution in [2.24, 2.45) is 11.7 Å². The molecule has 0 aliphatic heterocycles. The molecule has 1 aromatic heterocycles. The number of aliphatic hydroxyl groups excluding tert-OH is 1. The topological polar surface area (TPSA) is 126 Å². The smallest absolute Gasteiger partial charge is 0.254 e. The molecule has 0 bridgehead atoms. The molecule has 0 aromatic carbocycles. The van der Waals surface area contributed by atoms with Gasteiger partial charge < -0.3 is 10.8 Å². The highest BCUT2D eigenvalue weighted by Gasteiger charge is 2.33. The number of rotatable bonds is 10. The number of nitrogens with zero attached hydrogens (tertiary/aromatic N) is 1. The Kier molecular flexibility index (Phi) is 7.73. The third kappa shape index (κ3) is 6.59. The normalized spacial score (nSPS) is 16.0. The Balaban J connectivity index is 2.55.